The average Bonchev–Trinajstić information content (AvgIpc) is 2.01. The van der Waals surface area contributed by atoms with Gasteiger partial charge in [0, 0.05) is 6.61 Å². The molecular weight excluding hydrogens is 215 g/mol. The predicted octanol–water partition coefficient (Wildman–Crippen LogP) is -1.52. The van der Waals surface area contributed by atoms with E-state index in [4.69, 9.17) is 0 Å². The Morgan fingerprint density at radius 1 is 1.14 bits per heavy atom. The molecule has 0 unspecified atom stereocenters. The van der Waals surface area contributed by atoms with E-state index >= 15 is 0 Å². The maximum absolute atomic E-state index is 10.1. The first-order valence-corrected chi connectivity index (χ1v) is 6.15. The molecule has 0 spiro atoms. The van der Waals surface area contributed by atoms with Crippen molar-refractivity contribution in [3.8, 4) is 0 Å². The SMILES string of the molecule is CCCCCCCOCS(=O)(=O)[O-].[Na+]. The summed E-state index contributed by atoms with van der Waals surface area (Å²) in [5.74, 6) is -0.694. The van der Waals surface area contributed by atoms with Crippen LogP contribution in [-0.2, 0) is 14.9 Å². The van der Waals surface area contributed by atoms with Gasteiger partial charge in [0.1, 0.15) is 16.1 Å². The Morgan fingerprint density at radius 2 is 1.71 bits per heavy atom. The van der Waals surface area contributed by atoms with E-state index in [0.717, 1.165) is 19.3 Å². The normalized spacial score (nSPS) is 11.0. The Labute approximate surface area is 108 Å². The second-order valence-electron chi connectivity index (χ2n) is 3.00. The van der Waals surface area contributed by atoms with Gasteiger partial charge in [0.2, 0.25) is 0 Å². The standard InChI is InChI=1S/C8H18O4S.Na/c1-2-3-4-5-6-7-12-8-13(9,10)11;/h2-8H2,1H3,(H,9,10,11);/q;+1/p-1. The molecule has 0 heterocycles. The third-order valence-electron chi connectivity index (χ3n) is 1.62. The topological polar surface area (TPSA) is 66.4 Å². The first-order chi connectivity index (χ1) is 6.06. The molecule has 4 nitrogen and oxygen atoms in total. The largest absolute Gasteiger partial charge is 1.00 e. The second kappa shape index (κ2) is 10.4. The number of unbranched alkanes of at least 4 members (excludes halogenated alkanes) is 4. The van der Waals surface area contributed by atoms with Crippen molar-refractivity contribution < 1.29 is 47.3 Å². The molecule has 0 rings (SSSR count). The van der Waals surface area contributed by atoms with Crippen LogP contribution in [0, 0.1) is 0 Å². The van der Waals surface area contributed by atoms with Crippen LogP contribution in [0.3, 0.4) is 0 Å². The molecule has 0 aliphatic carbocycles. The van der Waals surface area contributed by atoms with Crippen molar-refractivity contribution in [2.75, 3.05) is 12.5 Å². The molecule has 0 aromatic heterocycles. The van der Waals surface area contributed by atoms with Gasteiger partial charge in [-0.15, -0.1) is 0 Å². The predicted molar refractivity (Wildman–Crippen MR) is 49.3 cm³/mol. The zero-order valence-electron chi connectivity index (χ0n) is 8.99. The summed E-state index contributed by atoms with van der Waals surface area (Å²) in [6, 6.07) is 0. The molecular formula is C8H17NaO4S. The molecule has 0 amide bonds. The van der Waals surface area contributed by atoms with E-state index < -0.39 is 16.1 Å². The Bertz CT molecular complexity index is 203. The Kier molecular flexibility index (Phi) is 12.8. The van der Waals surface area contributed by atoms with Crippen molar-refractivity contribution in [3.63, 3.8) is 0 Å². The summed E-state index contributed by atoms with van der Waals surface area (Å²) in [4.78, 5) is 0. The van der Waals surface area contributed by atoms with Gasteiger partial charge in [-0.05, 0) is 6.42 Å². The quantitative estimate of drug-likeness (QED) is 0.289. The average molecular weight is 232 g/mol. The number of hydrogen-bond acceptors (Lipinski definition) is 4. The van der Waals surface area contributed by atoms with Gasteiger partial charge < -0.3 is 9.29 Å². The Morgan fingerprint density at radius 3 is 2.21 bits per heavy atom. The van der Waals surface area contributed by atoms with Crippen LogP contribution < -0.4 is 29.6 Å². The molecule has 0 saturated carbocycles. The summed E-state index contributed by atoms with van der Waals surface area (Å²) < 4.78 is 34.9. The van der Waals surface area contributed by atoms with Gasteiger partial charge >= 0.3 is 29.6 Å². The van der Waals surface area contributed by atoms with Crippen molar-refractivity contribution in [3.05, 3.63) is 0 Å². The van der Waals surface area contributed by atoms with Gasteiger partial charge in [0.05, 0.1) is 0 Å². The summed E-state index contributed by atoms with van der Waals surface area (Å²) in [6.45, 7) is 2.49. The fourth-order valence-corrected chi connectivity index (χ4v) is 1.29. The zero-order valence-corrected chi connectivity index (χ0v) is 11.8. The summed E-state index contributed by atoms with van der Waals surface area (Å²) >= 11 is 0. The molecule has 0 N–H and O–H groups in total. The minimum atomic E-state index is -4.19. The Hall–Kier alpha value is 0.870. The molecule has 0 radical (unpaired) electrons. The minimum Gasteiger partial charge on any atom is -0.746 e. The maximum atomic E-state index is 10.1. The van der Waals surface area contributed by atoms with Crippen LogP contribution in [0.5, 0.6) is 0 Å². The third-order valence-corrected chi connectivity index (χ3v) is 2.08. The molecule has 0 aromatic carbocycles. The van der Waals surface area contributed by atoms with Crippen molar-refractivity contribution in [1.82, 2.24) is 0 Å². The van der Waals surface area contributed by atoms with Crippen molar-refractivity contribution in [2.24, 2.45) is 0 Å². The fourth-order valence-electron chi connectivity index (χ4n) is 0.969. The van der Waals surface area contributed by atoms with E-state index in [1.54, 1.807) is 0 Å². The number of ether oxygens (including phenoxy) is 1. The van der Waals surface area contributed by atoms with E-state index in [1.165, 1.54) is 12.8 Å². The number of hydrogen-bond donors (Lipinski definition) is 0. The van der Waals surface area contributed by atoms with Gasteiger partial charge in [-0.25, -0.2) is 8.42 Å². The first kappa shape index (κ1) is 17.3. The summed E-state index contributed by atoms with van der Waals surface area (Å²) in [5.41, 5.74) is 0. The first-order valence-electron chi connectivity index (χ1n) is 4.57. The minimum absolute atomic E-state index is 0. The van der Waals surface area contributed by atoms with Crippen molar-refractivity contribution in [2.45, 2.75) is 39.0 Å². The molecule has 0 aromatic rings. The van der Waals surface area contributed by atoms with Crippen LogP contribution in [0.4, 0.5) is 0 Å². The van der Waals surface area contributed by atoms with Gasteiger partial charge in [-0.1, -0.05) is 32.6 Å². The van der Waals surface area contributed by atoms with Crippen LogP contribution in [0.2, 0.25) is 0 Å². The molecule has 0 saturated heterocycles. The fraction of sp³-hybridized carbons (Fsp3) is 1.00. The molecule has 0 aliphatic heterocycles. The number of rotatable bonds is 8. The van der Waals surface area contributed by atoms with Crippen LogP contribution in [0.15, 0.2) is 0 Å². The molecule has 80 valence electrons. The second-order valence-corrected chi connectivity index (χ2v) is 4.35. The molecule has 0 fully saturated rings. The van der Waals surface area contributed by atoms with Crippen LogP contribution >= 0.6 is 0 Å². The van der Waals surface area contributed by atoms with E-state index in [0.29, 0.717) is 6.61 Å². The van der Waals surface area contributed by atoms with Gasteiger partial charge in [0.25, 0.3) is 0 Å². The summed E-state index contributed by atoms with van der Waals surface area (Å²) in [5, 5.41) is 0. The summed E-state index contributed by atoms with van der Waals surface area (Å²) in [6.07, 6.45) is 5.38. The molecule has 0 bridgehead atoms. The van der Waals surface area contributed by atoms with Gasteiger partial charge in [-0.3, -0.25) is 0 Å². The smallest absolute Gasteiger partial charge is 0.746 e. The van der Waals surface area contributed by atoms with Gasteiger partial charge in [-0.2, -0.15) is 0 Å². The zero-order chi connectivity index (χ0) is 10.2. The van der Waals surface area contributed by atoms with Crippen molar-refractivity contribution in [1.29, 1.82) is 0 Å². The van der Waals surface area contributed by atoms with Crippen LogP contribution in [0.1, 0.15) is 39.0 Å². The monoisotopic (exact) mass is 232 g/mol. The summed E-state index contributed by atoms with van der Waals surface area (Å²) in [7, 11) is -4.19. The van der Waals surface area contributed by atoms with Crippen LogP contribution in [-0.4, -0.2) is 25.5 Å². The molecule has 0 atom stereocenters. The molecule has 0 aliphatic rings. The van der Waals surface area contributed by atoms with Gasteiger partial charge in [0.15, 0.2) is 0 Å². The Balaban J connectivity index is 0. The third kappa shape index (κ3) is 15.3. The maximum Gasteiger partial charge on any atom is 1.00 e. The molecule has 6 heteroatoms. The van der Waals surface area contributed by atoms with E-state index in [9.17, 15) is 13.0 Å². The van der Waals surface area contributed by atoms with E-state index in [-0.39, 0.29) is 29.6 Å². The van der Waals surface area contributed by atoms with Crippen LogP contribution in [0.25, 0.3) is 0 Å². The van der Waals surface area contributed by atoms with Crippen molar-refractivity contribution >= 4 is 10.1 Å². The molecule has 14 heavy (non-hydrogen) atoms. The van der Waals surface area contributed by atoms with E-state index in [1.807, 2.05) is 0 Å². The van der Waals surface area contributed by atoms with E-state index in [2.05, 4.69) is 11.7 Å².